The molecule has 0 bridgehead atoms. The van der Waals surface area contributed by atoms with Gasteiger partial charge in [-0.1, -0.05) is 11.8 Å². The van der Waals surface area contributed by atoms with Crippen molar-refractivity contribution in [2.24, 2.45) is 0 Å². The van der Waals surface area contributed by atoms with Crippen molar-refractivity contribution < 1.29 is 4.99 Å². The third kappa shape index (κ3) is 1.71. The highest BCUT2D eigenvalue weighted by Crippen LogP contribution is 2.11. The van der Waals surface area contributed by atoms with Crippen molar-refractivity contribution in [1.29, 1.82) is 0 Å². The van der Waals surface area contributed by atoms with Crippen LogP contribution in [0.1, 0.15) is 6.42 Å². The average Bonchev–Trinajstić information content (AvgIpc) is 1.90. The summed E-state index contributed by atoms with van der Waals surface area (Å²) in [7, 11) is 0. The molecular weight excluding hydrogens is 138 g/mol. The van der Waals surface area contributed by atoms with E-state index in [0.29, 0.717) is 0 Å². The Bertz CT molecular complexity index is 101. The molecule has 1 rings (SSSR count). The van der Waals surface area contributed by atoms with E-state index in [1.54, 1.807) is 0 Å². The molecule has 1 aliphatic heterocycles. The molecule has 1 aliphatic rings. The molecule has 1 N–H and O–H groups in total. The third-order valence-corrected chi connectivity index (χ3v) is 3.28. The molecule has 1 nitrogen and oxygen atoms in total. The van der Waals surface area contributed by atoms with Crippen molar-refractivity contribution in [1.82, 2.24) is 0 Å². The van der Waals surface area contributed by atoms with Gasteiger partial charge in [-0.25, -0.2) is 4.99 Å². The number of hydrogen-bond acceptors (Lipinski definition) is 2. The van der Waals surface area contributed by atoms with Crippen LogP contribution in [0.15, 0.2) is 0 Å². The zero-order chi connectivity index (χ0) is 5.82. The van der Waals surface area contributed by atoms with Crippen molar-refractivity contribution in [3.05, 3.63) is 0 Å². The van der Waals surface area contributed by atoms with Gasteiger partial charge in [-0.3, -0.25) is 0 Å². The molecule has 0 aromatic heterocycles. The largest absolute Gasteiger partial charge is 0.268 e. The van der Waals surface area contributed by atoms with E-state index < -0.39 is 0 Å². The zero-order valence-electron chi connectivity index (χ0n) is 4.94. The molecule has 0 aromatic rings. The summed E-state index contributed by atoms with van der Waals surface area (Å²) in [5.41, 5.74) is 0. The summed E-state index contributed by atoms with van der Waals surface area (Å²) in [6.07, 6.45) is 3.43. The van der Waals surface area contributed by atoms with E-state index >= 15 is 0 Å². The van der Waals surface area contributed by atoms with Crippen LogP contribution in [0.4, 0.5) is 0 Å². The van der Waals surface area contributed by atoms with Crippen molar-refractivity contribution in [3.63, 3.8) is 0 Å². The van der Waals surface area contributed by atoms with Gasteiger partial charge in [-0.2, -0.15) is 0 Å². The molecule has 3 heteroatoms. The lowest BCUT2D eigenvalue weighted by Crippen LogP contribution is -2.73. The number of hydrogen-bond donors (Lipinski definition) is 1. The van der Waals surface area contributed by atoms with Gasteiger partial charge < -0.3 is 0 Å². The molecular formula is C5H10NS2+. The first-order valence-corrected chi connectivity index (χ1v) is 4.92. The summed E-state index contributed by atoms with van der Waals surface area (Å²) >= 11 is 3.75. The monoisotopic (exact) mass is 148 g/mol. The Labute approximate surface area is 58.3 Å². The Hall–Kier alpha value is 0.370. The number of thioether (sulfide) groups is 2. The summed E-state index contributed by atoms with van der Waals surface area (Å²) in [6, 6.07) is 0. The van der Waals surface area contributed by atoms with E-state index in [1.165, 1.54) is 23.1 Å². The van der Waals surface area contributed by atoms with Gasteiger partial charge in [0.1, 0.15) is 6.54 Å². The topological polar surface area (TPSA) is 14.0 Å². The van der Waals surface area contributed by atoms with Gasteiger partial charge in [-0.15, -0.1) is 0 Å². The van der Waals surface area contributed by atoms with E-state index in [4.69, 9.17) is 0 Å². The van der Waals surface area contributed by atoms with Gasteiger partial charge in [0.2, 0.25) is 0 Å². The van der Waals surface area contributed by atoms with Gasteiger partial charge in [-0.05, 0) is 18.0 Å². The molecule has 0 saturated carbocycles. The molecule has 0 amide bonds. The van der Waals surface area contributed by atoms with E-state index in [-0.39, 0.29) is 0 Å². The minimum absolute atomic E-state index is 1.17. The second kappa shape index (κ2) is 3.41. The summed E-state index contributed by atoms with van der Waals surface area (Å²) in [5, 5.41) is 0. The Morgan fingerprint density at radius 2 is 2.62 bits per heavy atom. The third-order valence-electron chi connectivity index (χ3n) is 1.01. The molecule has 0 spiro atoms. The highest BCUT2D eigenvalue weighted by atomic mass is 32.2. The maximum atomic E-state index is 3.31. The van der Waals surface area contributed by atoms with Crippen molar-refractivity contribution in [2.45, 2.75) is 6.42 Å². The van der Waals surface area contributed by atoms with Crippen LogP contribution in [-0.4, -0.2) is 22.9 Å². The lowest BCUT2D eigenvalue weighted by Gasteiger charge is -2.00. The zero-order valence-corrected chi connectivity index (χ0v) is 6.57. The Kier molecular flexibility index (Phi) is 2.76. The van der Waals surface area contributed by atoms with Crippen LogP contribution in [0.25, 0.3) is 0 Å². The maximum Gasteiger partial charge on any atom is 0.268 e. The first kappa shape index (κ1) is 6.49. The molecule has 8 heavy (non-hydrogen) atoms. The van der Waals surface area contributed by atoms with Crippen molar-refractivity contribution >= 4 is 27.9 Å². The van der Waals surface area contributed by atoms with E-state index in [0.717, 1.165) is 0 Å². The molecule has 0 aliphatic carbocycles. The molecule has 0 atom stereocenters. The van der Waals surface area contributed by atoms with Crippen molar-refractivity contribution in [3.8, 4) is 0 Å². The van der Waals surface area contributed by atoms with Gasteiger partial charge in [0, 0.05) is 12.2 Å². The van der Waals surface area contributed by atoms with Crippen LogP contribution < -0.4 is 4.99 Å². The highest BCUT2D eigenvalue weighted by Gasteiger charge is 2.08. The van der Waals surface area contributed by atoms with Gasteiger partial charge in [0.05, 0.1) is 0 Å². The van der Waals surface area contributed by atoms with E-state index in [1.807, 2.05) is 23.5 Å². The van der Waals surface area contributed by atoms with Gasteiger partial charge in [0.15, 0.2) is 0 Å². The van der Waals surface area contributed by atoms with Crippen LogP contribution in [0.2, 0.25) is 0 Å². The number of rotatable bonds is 0. The SMILES string of the molecule is CSC1=[NH+]CCCS1. The van der Waals surface area contributed by atoms with Crippen LogP contribution in [0.3, 0.4) is 0 Å². The summed E-state index contributed by atoms with van der Waals surface area (Å²) in [4.78, 5) is 3.31. The first-order chi connectivity index (χ1) is 3.93. The Morgan fingerprint density at radius 3 is 3.00 bits per heavy atom. The minimum atomic E-state index is 1.17. The molecule has 0 radical (unpaired) electrons. The second-order valence-corrected chi connectivity index (χ2v) is 3.80. The molecule has 0 fully saturated rings. The average molecular weight is 148 g/mol. The predicted octanol–water partition coefficient (Wildman–Crippen LogP) is -0.0771. The lowest BCUT2D eigenvalue weighted by molar-refractivity contribution is -0.451. The predicted molar refractivity (Wildman–Crippen MR) is 41.4 cm³/mol. The molecule has 0 unspecified atom stereocenters. The maximum absolute atomic E-state index is 3.31. The second-order valence-electron chi connectivity index (χ2n) is 1.62. The fourth-order valence-corrected chi connectivity index (χ4v) is 2.26. The molecule has 1 heterocycles. The van der Waals surface area contributed by atoms with Crippen LogP contribution >= 0.6 is 23.5 Å². The lowest BCUT2D eigenvalue weighted by atomic mass is 10.5. The summed E-state index contributed by atoms with van der Waals surface area (Å²) < 4.78 is 1.39. The smallest absolute Gasteiger partial charge is 0.231 e. The molecule has 0 aromatic carbocycles. The van der Waals surface area contributed by atoms with Gasteiger partial charge >= 0.3 is 0 Å². The first-order valence-electron chi connectivity index (χ1n) is 2.71. The summed E-state index contributed by atoms with van der Waals surface area (Å²) in [5.74, 6) is 1.29. The van der Waals surface area contributed by atoms with Crippen LogP contribution in [0.5, 0.6) is 0 Å². The Balaban J connectivity index is 2.37. The fraction of sp³-hybridized carbons (Fsp3) is 0.800. The summed E-state index contributed by atoms with van der Waals surface area (Å²) in [6.45, 7) is 1.17. The quantitative estimate of drug-likeness (QED) is 0.516. The minimum Gasteiger partial charge on any atom is -0.231 e. The molecule has 0 saturated heterocycles. The van der Waals surface area contributed by atoms with Crippen LogP contribution in [0, 0.1) is 0 Å². The normalized spacial score (nSPS) is 20.4. The number of nitrogens with one attached hydrogen (secondary N) is 1. The van der Waals surface area contributed by atoms with E-state index in [2.05, 4.69) is 11.2 Å². The van der Waals surface area contributed by atoms with Gasteiger partial charge in [0.25, 0.3) is 4.38 Å². The van der Waals surface area contributed by atoms with Crippen molar-refractivity contribution in [2.75, 3.05) is 18.6 Å². The standard InChI is InChI=1S/C5H9NS2/c1-7-5-6-3-2-4-8-5/h2-4H2,1H3/p+1. The highest BCUT2D eigenvalue weighted by molar-refractivity contribution is 8.38. The Morgan fingerprint density at radius 1 is 1.75 bits per heavy atom. The fourth-order valence-electron chi connectivity index (χ4n) is 0.610. The van der Waals surface area contributed by atoms with E-state index in [9.17, 15) is 0 Å². The molecule has 46 valence electrons. The van der Waals surface area contributed by atoms with Crippen LogP contribution in [-0.2, 0) is 0 Å².